The molecule has 28 heavy (non-hydrogen) atoms. The number of carbonyl (C=O) groups is 1. The van der Waals surface area contributed by atoms with Crippen molar-refractivity contribution in [3.05, 3.63) is 78.1 Å². The molecule has 0 unspecified atom stereocenters. The number of nitrogens with one attached hydrogen (secondary N) is 2. The van der Waals surface area contributed by atoms with Gasteiger partial charge in [0, 0.05) is 37.2 Å². The summed E-state index contributed by atoms with van der Waals surface area (Å²) in [6, 6.07) is 19.6. The Morgan fingerprint density at radius 3 is 2.46 bits per heavy atom. The molecular weight excluding hydrogens is 350 g/mol. The van der Waals surface area contributed by atoms with E-state index in [2.05, 4.69) is 25.5 Å². The van der Waals surface area contributed by atoms with Gasteiger partial charge in [0.15, 0.2) is 0 Å². The zero-order valence-corrected chi connectivity index (χ0v) is 15.6. The van der Waals surface area contributed by atoms with Crippen LogP contribution in [0.3, 0.4) is 0 Å². The summed E-state index contributed by atoms with van der Waals surface area (Å²) in [5.74, 6) is 0.181. The predicted molar refractivity (Wildman–Crippen MR) is 112 cm³/mol. The van der Waals surface area contributed by atoms with E-state index in [1.165, 1.54) is 18.5 Å². The van der Waals surface area contributed by atoms with E-state index < -0.39 is 0 Å². The quantitative estimate of drug-likeness (QED) is 0.685. The van der Waals surface area contributed by atoms with Crippen LogP contribution in [0.2, 0.25) is 0 Å². The fraction of sp³-hybridized carbons (Fsp3) is 0.227. The molecule has 0 spiro atoms. The average Bonchev–Trinajstić information content (AvgIpc) is 3.29. The molecule has 1 aromatic heterocycles. The molecule has 1 aliphatic rings. The second-order valence-corrected chi connectivity index (χ2v) is 6.80. The van der Waals surface area contributed by atoms with Crippen molar-refractivity contribution in [2.75, 3.05) is 28.6 Å². The number of anilines is 3. The fourth-order valence-electron chi connectivity index (χ4n) is 3.27. The number of carbonyl (C=O) groups excluding carboxylic acids is 1. The number of benzene rings is 2. The third-order valence-electron chi connectivity index (χ3n) is 4.78. The topological polar surface area (TPSA) is 70.2 Å². The molecule has 0 radical (unpaired) electrons. The van der Waals surface area contributed by atoms with Gasteiger partial charge in [-0.3, -0.25) is 4.79 Å². The van der Waals surface area contributed by atoms with E-state index >= 15 is 0 Å². The monoisotopic (exact) mass is 373 g/mol. The maximum atomic E-state index is 12.5. The van der Waals surface area contributed by atoms with Gasteiger partial charge in [-0.15, -0.1) is 0 Å². The molecule has 1 fully saturated rings. The van der Waals surface area contributed by atoms with Crippen LogP contribution < -0.4 is 15.5 Å². The minimum atomic E-state index is -0.251. The van der Waals surface area contributed by atoms with Gasteiger partial charge < -0.3 is 15.5 Å². The molecule has 2 N–H and O–H groups in total. The Labute approximate surface area is 164 Å². The van der Waals surface area contributed by atoms with E-state index in [-0.39, 0.29) is 5.91 Å². The Hall–Kier alpha value is -3.41. The first-order valence-electron chi connectivity index (χ1n) is 9.55. The zero-order valence-electron chi connectivity index (χ0n) is 15.6. The summed E-state index contributed by atoms with van der Waals surface area (Å²) in [7, 11) is 0. The summed E-state index contributed by atoms with van der Waals surface area (Å²) in [6.07, 6.45) is 4.07. The Balaban J connectivity index is 1.37. The van der Waals surface area contributed by atoms with Crippen LogP contribution in [0.4, 0.5) is 17.3 Å². The smallest absolute Gasteiger partial charge is 0.274 e. The van der Waals surface area contributed by atoms with Crippen molar-refractivity contribution in [2.24, 2.45) is 0 Å². The van der Waals surface area contributed by atoms with Crippen molar-refractivity contribution in [3.8, 4) is 0 Å². The first-order valence-corrected chi connectivity index (χ1v) is 9.55. The van der Waals surface area contributed by atoms with Gasteiger partial charge in [-0.25, -0.2) is 9.97 Å². The van der Waals surface area contributed by atoms with Crippen molar-refractivity contribution in [3.63, 3.8) is 0 Å². The van der Waals surface area contributed by atoms with E-state index in [0.717, 1.165) is 24.3 Å². The summed E-state index contributed by atoms with van der Waals surface area (Å²) in [4.78, 5) is 23.4. The summed E-state index contributed by atoms with van der Waals surface area (Å²) in [5.41, 5.74) is 3.41. The van der Waals surface area contributed by atoms with E-state index in [1.54, 1.807) is 12.3 Å². The van der Waals surface area contributed by atoms with E-state index in [4.69, 9.17) is 0 Å². The molecule has 0 saturated carbocycles. The first-order chi connectivity index (χ1) is 13.8. The number of hydrogen-bond donors (Lipinski definition) is 2. The second-order valence-electron chi connectivity index (χ2n) is 6.80. The van der Waals surface area contributed by atoms with Crippen molar-refractivity contribution >= 4 is 23.2 Å². The molecule has 1 aliphatic heterocycles. The van der Waals surface area contributed by atoms with Gasteiger partial charge in [0.05, 0.1) is 0 Å². The Kier molecular flexibility index (Phi) is 5.47. The molecule has 2 heterocycles. The highest BCUT2D eigenvalue weighted by molar-refractivity contribution is 6.03. The summed E-state index contributed by atoms with van der Waals surface area (Å²) < 4.78 is 0. The predicted octanol–water partition coefficient (Wildman–Crippen LogP) is 3.94. The van der Waals surface area contributed by atoms with Crippen LogP contribution in [0.15, 0.2) is 66.9 Å². The second kappa shape index (κ2) is 8.52. The van der Waals surface area contributed by atoms with E-state index in [1.807, 2.05) is 54.6 Å². The SMILES string of the molecule is O=C(Nc1ccc(N2CCCC2)cc1)c1ccnc(NCc2ccccc2)n1. The Morgan fingerprint density at radius 2 is 1.71 bits per heavy atom. The maximum Gasteiger partial charge on any atom is 0.274 e. The van der Waals surface area contributed by atoms with Gasteiger partial charge in [0.25, 0.3) is 5.91 Å². The molecule has 0 aliphatic carbocycles. The first kappa shape index (κ1) is 18.0. The summed E-state index contributed by atoms with van der Waals surface area (Å²) in [6.45, 7) is 2.81. The van der Waals surface area contributed by atoms with Gasteiger partial charge in [-0.05, 0) is 48.7 Å². The number of amides is 1. The van der Waals surface area contributed by atoms with Gasteiger partial charge in [-0.2, -0.15) is 0 Å². The molecule has 4 rings (SSSR count). The minimum absolute atomic E-state index is 0.251. The molecule has 3 aromatic rings. The molecule has 1 amide bonds. The van der Waals surface area contributed by atoms with Crippen LogP contribution in [0, 0.1) is 0 Å². The van der Waals surface area contributed by atoms with Gasteiger partial charge >= 0.3 is 0 Å². The summed E-state index contributed by atoms with van der Waals surface area (Å²) in [5, 5.41) is 6.05. The highest BCUT2D eigenvalue weighted by atomic mass is 16.1. The highest BCUT2D eigenvalue weighted by Gasteiger charge is 2.13. The fourth-order valence-corrected chi connectivity index (χ4v) is 3.27. The van der Waals surface area contributed by atoms with Crippen molar-refractivity contribution in [1.29, 1.82) is 0 Å². The van der Waals surface area contributed by atoms with Crippen LogP contribution in [0.1, 0.15) is 28.9 Å². The largest absolute Gasteiger partial charge is 0.372 e. The zero-order chi connectivity index (χ0) is 19.2. The van der Waals surface area contributed by atoms with Gasteiger partial charge in [0.2, 0.25) is 5.95 Å². The van der Waals surface area contributed by atoms with Crippen LogP contribution >= 0.6 is 0 Å². The number of hydrogen-bond acceptors (Lipinski definition) is 5. The lowest BCUT2D eigenvalue weighted by Gasteiger charge is -2.17. The third kappa shape index (κ3) is 4.46. The lowest BCUT2D eigenvalue weighted by atomic mass is 10.2. The molecule has 6 heteroatoms. The number of rotatable bonds is 6. The normalized spacial score (nSPS) is 13.4. The molecule has 1 saturated heterocycles. The molecule has 6 nitrogen and oxygen atoms in total. The lowest BCUT2D eigenvalue weighted by molar-refractivity contribution is 0.102. The molecule has 0 bridgehead atoms. The Bertz CT molecular complexity index is 921. The maximum absolute atomic E-state index is 12.5. The molecular formula is C22H23N5O. The van der Waals surface area contributed by atoms with Gasteiger partial charge in [-0.1, -0.05) is 30.3 Å². The molecule has 142 valence electrons. The number of nitrogens with zero attached hydrogens (tertiary/aromatic N) is 3. The molecule has 2 aromatic carbocycles. The number of aromatic nitrogens is 2. The Morgan fingerprint density at radius 1 is 0.964 bits per heavy atom. The van der Waals surface area contributed by atoms with Crippen molar-refractivity contribution < 1.29 is 4.79 Å². The highest BCUT2D eigenvalue weighted by Crippen LogP contribution is 2.22. The van der Waals surface area contributed by atoms with E-state index in [0.29, 0.717) is 18.2 Å². The lowest BCUT2D eigenvalue weighted by Crippen LogP contribution is -2.18. The summed E-state index contributed by atoms with van der Waals surface area (Å²) >= 11 is 0. The van der Waals surface area contributed by atoms with Crippen molar-refractivity contribution in [2.45, 2.75) is 19.4 Å². The average molecular weight is 373 g/mol. The standard InChI is InChI=1S/C22H23N5O/c28-21(25-18-8-10-19(11-9-18)27-14-4-5-15-27)20-12-13-23-22(26-20)24-16-17-6-2-1-3-7-17/h1-3,6-13H,4-5,14-16H2,(H,25,28)(H,23,24,26). The van der Waals surface area contributed by atoms with Gasteiger partial charge in [0.1, 0.15) is 5.69 Å². The van der Waals surface area contributed by atoms with E-state index in [9.17, 15) is 4.79 Å². The van der Waals surface area contributed by atoms with Crippen molar-refractivity contribution in [1.82, 2.24) is 9.97 Å². The third-order valence-corrected chi connectivity index (χ3v) is 4.78. The van der Waals surface area contributed by atoms with Crippen LogP contribution in [0.5, 0.6) is 0 Å². The van der Waals surface area contributed by atoms with Crippen LogP contribution in [0.25, 0.3) is 0 Å². The molecule has 0 atom stereocenters. The van der Waals surface area contributed by atoms with Crippen LogP contribution in [-0.2, 0) is 6.54 Å². The minimum Gasteiger partial charge on any atom is -0.372 e. The van der Waals surface area contributed by atoms with Crippen LogP contribution in [-0.4, -0.2) is 29.0 Å².